The van der Waals surface area contributed by atoms with Gasteiger partial charge in [0, 0.05) is 32.4 Å². The smallest absolute Gasteiger partial charge is 0.409 e. The molecule has 0 unspecified atom stereocenters. The second-order valence-corrected chi connectivity index (χ2v) is 10.2. The van der Waals surface area contributed by atoms with Crippen molar-refractivity contribution in [3.05, 3.63) is 30.1 Å². The number of hydrogen-bond donors (Lipinski definition) is 0. The van der Waals surface area contributed by atoms with Crippen LogP contribution in [0, 0.1) is 5.92 Å². The van der Waals surface area contributed by atoms with Gasteiger partial charge in [-0.2, -0.15) is 0 Å². The first-order chi connectivity index (χ1) is 14.1. The molecule has 3 rings (SSSR count). The van der Waals surface area contributed by atoms with Gasteiger partial charge >= 0.3 is 6.09 Å². The van der Waals surface area contributed by atoms with Gasteiger partial charge < -0.3 is 19.1 Å². The van der Waals surface area contributed by atoms with Crippen LogP contribution in [0.2, 0.25) is 0 Å². The maximum Gasteiger partial charge on any atom is 0.409 e. The van der Waals surface area contributed by atoms with Crippen LogP contribution in [-0.4, -0.2) is 78.8 Å². The molecule has 2 amide bonds. The molecule has 0 saturated carbocycles. The molecule has 0 radical (unpaired) electrons. The van der Waals surface area contributed by atoms with Gasteiger partial charge in [-0.15, -0.1) is 0 Å². The maximum absolute atomic E-state index is 12.9. The number of piperazine rings is 1. The van der Waals surface area contributed by atoms with E-state index in [2.05, 4.69) is 4.98 Å². The van der Waals surface area contributed by atoms with Crippen LogP contribution < -0.4 is 0 Å². The van der Waals surface area contributed by atoms with Gasteiger partial charge in [0.2, 0.25) is 5.91 Å². The molecule has 1 aromatic heterocycles. The van der Waals surface area contributed by atoms with E-state index in [0.717, 1.165) is 11.8 Å². The number of para-hydroxylation sites is 2. The van der Waals surface area contributed by atoms with Crippen molar-refractivity contribution in [2.24, 2.45) is 5.92 Å². The van der Waals surface area contributed by atoms with Gasteiger partial charge in [0.15, 0.2) is 9.84 Å². The van der Waals surface area contributed by atoms with Crippen molar-refractivity contribution >= 4 is 32.9 Å². The Labute approximate surface area is 176 Å². The van der Waals surface area contributed by atoms with Crippen LogP contribution in [0.25, 0.3) is 11.0 Å². The number of amides is 2. The third-order valence-electron chi connectivity index (χ3n) is 4.85. The molecule has 0 aliphatic carbocycles. The molecule has 30 heavy (non-hydrogen) atoms. The normalized spacial score (nSPS) is 15.1. The number of aromatic nitrogens is 2. The van der Waals surface area contributed by atoms with Crippen LogP contribution in [0.5, 0.6) is 0 Å². The highest BCUT2D eigenvalue weighted by molar-refractivity contribution is 7.89. The lowest BCUT2D eigenvalue weighted by molar-refractivity contribution is -0.133. The van der Waals surface area contributed by atoms with Gasteiger partial charge in [-0.25, -0.2) is 18.2 Å². The fraction of sp³-hybridized carbons (Fsp3) is 0.550. The molecule has 1 fully saturated rings. The van der Waals surface area contributed by atoms with E-state index in [9.17, 15) is 18.0 Å². The Bertz CT molecular complexity index is 1020. The number of imidazole rings is 1. The zero-order valence-corrected chi connectivity index (χ0v) is 18.4. The lowest BCUT2D eigenvalue weighted by atomic mass is 10.2. The topological polar surface area (TPSA) is 102 Å². The minimum atomic E-state index is -3.30. The van der Waals surface area contributed by atoms with Crippen molar-refractivity contribution in [3.8, 4) is 0 Å². The van der Waals surface area contributed by atoms with E-state index < -0.39 is 9.84 Å². The lowest BCUT2D eigenvalue weighted by Gasteiger charge is -2.34. The Hall–Kier alpha value is -2.62. The molecule has 2 aromatic rings. The molecule has 1 aliphatic rings. The van der Waals surface area contributed by atoms with Crippen molar-refractivity contribution in [2.45, 2.75) is 26.1 Å². The zero-order valence-electron chi connectivity index (χ0n) is 17.6. The van der Waals surface area contributed by atoms with Crippen molar-refractivity contribution in [1.82, 2.24) is 19.4 Å². The quantitative estimate of drug-likeness (QED) is 0.680. The summed E-state index contributed by atoms with van der Waals surface area (Å²) in [6.07, 6.45) is 0.794. The SMILES string of the molecule is CC(C)COC(=O)N1CCN(C(=O)Cn2c(CS(C)(=O)=O)nc3ccccc32)CC1. The highest BCUT2D eigenvalue weighted by Gasteiger charge is 2.26. The Morgan fingerprint density at radius 2 is 1.73 bits per heavy atom. The van der Waals surface area contributed by atoms with Crippen molar-refractivity contribution in [2.75, 3.05) is 39.0 Å². The first-order valence-electron chi connectivity index (χ1n) is 9.95. The molecular weight excluding hydrogens is 408 g/mol. The van der Waals surface area contributed by atoms with Crippen molar-refractivity contribution in [3.63, 3.8) is 0 Å². The molecule has 0 spiro atoms. The van der Waals surface area contributed by atoms with Gasteiger partial charge in [0.25, 0.3) is 0 Å². The number of ether oxygens (including phenoxy) is 1. The predicted molar refractivity (Wildman–Crippen MR) is 113 cm³/mol. The Balaban J connectivity index is 1.67. The van der Waals surface area contributed by atoms with Gasteiger partial charge in [-0.1, -0.05) is 26.0 Å². The summed E-state index contributed by atoms with van der Waals surface area (Å²) in [6.45, 7) is 5.95. The summed E-state index contributed by atoms with van der Waals surface area (Å²) in [5.41, 5.74) is 1.38. The van der Waals surface area contributed by atoms with E-state index in [1.807, 2.05) is 32.0 Å². The summed E-state index contributed by atoms with van der Waals surface area (Å²) in [5, 5.41) is 0. The molecule has 1 aliphatic heterocycles. The largest absolute Gasteiger partial charge is 0.449 e. The van der Waals surface area contributed by atoms with Crippen LogP contribution in [0.15, 0.2) is 24.3 Å². The lowest BCUT2D eigenvalue weighted by Crippen LogP contribution is -2.51. The molecule has 1 aromatic carbocycles. The molecule has 164 valence electrons. The molecule has 9 nitrogen and oxygen atoms in total. The second-order valence-electron chi connectivity index (χ2n) is 8.01. The highest BCUT2D eigenvalue weighted by Crippen LogP contribution is 2.18. The minimum Gasteiger partial charge on any atom is -0.449 e. The number of benzene rings is 1. The Morgan fingerprint density at radius 3 is 2.37 bits per heavy atom. The number of sulfone groups is 1. The maximum atomic E-state index is 12.9. The first kappa shape index (κ1) is 22.1. The molecule has 0 N–H and O–H groups in total. The van der Waals surface area contributed by atoms with Crippen LogP contribution in [0.1, 0.15) is 19.7 Å². The second kappa shape index (κ2) is 9.03. The number of nitrogens with zero attached hydrogens (tertiary/aromatic N) is 4. The van der Waals surface area contributed by atoms with Crippen LogP contribution in [0.4, 0.5) is 4.79 Å². The highest BCUT2D eigenvalue weighted by atomic mass is 32.2. The monoisotopic (exact) mass is 436 g/mol. The number of fused-ring (bicyclic) bond motifs is 1. The van der Waals surface area contributed by atoms with Gasteiger partial charge in [-0.05, 0) is 18.1 Å². The molecule has 0 bridgehead atoms. The van der Waals surface area contributed by atoms with E-state index in [1.54, 1.807) is 20.4 Å². The van der Waals surface area contributed by atoms with Crippen LogP contribution in [-0.2, 0) is 31.7 Å². The summed E-state index contributed by atoms with van der Waals surface area (Å²) in [4.78, 5) is 32.7. The molecule has 2 heterocycles. The number of rotatable bonds is 6. The van der Waals surface area contributed by atoms with E-state index in [1.165, 1.54) is 0 Å². The van der Waals surface area contributed by atoms with Gasteiger partial charge in [-0.3, -0.25) is 4.79 Å². The van der Waals surface area contributed by atoms with Crippen molar-refractivity contribution in [1.29, 1.82) is 0 Å². The summed E-state index contributed by atoms with van der Waals surface area (Å²) in [5.74, 6) is 0.249. The fourth-order valence-corrected chi connectivity index (χ4v) is 4.04. The Kier molecular flexibility index (Phi) is 6.64. The minimum absolute atomic E-state index is 0.00314. The molecular formula is C20H28N4O5S. The Morgan fingerprint density at radius 1 is 1.10 bits per heavy atom. The van der Waals surface area contributed by atoms with E-state index in [-0.39, 0.29) is 30.2 Å². The summed E-state index contributed by atoms with van der Waals surface area (Å²) < 4.78 is 30.5. The van der Waals surface area contributed by atoms with Gasteiger partial charge in [0.1, 0.15) is 18.1 Å². The van der Waals surface area contributed by atoms with E-state index in [4.69, 9.17) is 4.74 Å². The molecule has 10 heteroatoms. The summed E-state index contributed by atoms with van der Waals surface area (Å²) >= 11 is 0. The summed E-state index contributed by atoms with van der Waals surface area (Å²) in [6, 6.07) is 7.27. The van der Waals surface area contributed by atoms with Gasteiger partial charge in [0.05, 0.1) is 17.6 Å². The third kappa shape index (κ3) is 5.50. The average molecular weight is 437 g/mol. The van der Waals surface area contributed by atoms with Crippen molar-refractivity contribution < 1.29 is 22.7 Å². The predicted octanol–water partition coefficient (Wildman–Crippen LogP) is 1.52. The fourth-order valence-electron chi connectivity index (χ4n) is 3.35. The molecule has 0 atom stereocenters. The summed E-state index contributed by atoms with van der Waals surface area (Å²) in [7, 11) is -3.30. The van der Waals surface area contributed by atoms with Crippen LogP contribution in [0.3, 0.4) is 0 Å². The molecule has 1 saturated heterocycles. The third-order valence-corrected chi connectivity index (χ3v) is 5.63. The number of hydrogen-bond acceptors (Lipinski definition) is 6. The standard InChI is InChI=1S/C20H28N4O5S/c1-15(2)13-29-20(26)23-10-8-22(9-11-23)19(25)12-24-17-7-5-4-6-16(17)21-18(24)14-30(3,27)28/h4-7,15H,8-14H2,1-3H3. The first-order valence-corrected chi connectivity index (χ1v) is 12.0. The van der Waals surface area contributed by atoms with E-state index >= 15 is 0 Å². The number of carbonyl (C=O) groups is 2. The average Bonchev–Trinajstić information content (AvgIpc) is 3.01. The zero-order chi connectivity index (χ0) is 21.9. The number of carbonyl (C=O) groups excluding carboxylic acids is 2. The van der Waals surface area contributed by atoms with Crippen LogP contribution >= 0.6 is 0 Å². The van der Waals surface area contributed by atoms with E-state index in [0.29, 0.717) is 44.1 Å².